The summed E-state index contributed by atoms with van der Waals surface area (Å²) in [5.74, 6) is -1.30. The van der Waals surface area contributed by atoms with E-state index in [-0.39, 0.29) is 9.67 Å². The molecule has 1 aliphatic heterocycles. The number of hydrogen-bond acceptors (Lipinski definition) is 5. The SMILES string of the molecule is CCOC1(C(SC)(SC)[Si](C)(C)C)OC(=O)c2ccccc21. The number of benzene rings is 1. The Bertz CT molecular complexity index is 567. The maximum Gasteiger partial charge on any atom is 0.341 e. The number of thioether (sulfide) groups is 2. The Balaban J connectivity index is 2.77. The van der Waals surface area contributed by atoms with Crippen LogP contribution >= 0.6 is 23.5 Å². The van der Waals surface area contributed by atoms with Crippen LogP contribution in [0, 0.1) is 0 Å². The van der Waals surface area contributed by atoms with E-state index < -0.39 is 13.9 Å². The van der Waals surface area contributed by atoms with E-state index in [1.807, 2.05) is 31.2 Å². The standard InChI is InChI=1S/C16H24O3S2Si/c1-7-18-15(16(20-2,21-3)22(4,5)6)13-11-9-8-10-12(13)14(17)19-15/h8-11H,7H2,1-6H3. The van der Waals surface area contributed by atoms with Crippen LogP contribution in [0.4, 0.5) is 0 Å². The van der Waals surface area contributed by atoms with Crippen molar-refractivity contribution in [2.24, 2.45) is 0 Å². The molecule has 0 aromatic heterocycles. The van der Waals surface area contributed by atoms with E-state index >= 15 is 0 Å². The predicted molar refractivity (Wildman–Crippen MR) is 98.3 cm³/mol. The van der Waals surface area contributed by atoms with Gasteiger partial charge in [-0.3, -0.25) is 0 Å². The highest BCUT2D eigenvalue weighted by molar-refractivity contribution is 8.20. The van der Waals surface area contributed by atoms with E-state index in [4.69, 9.17) is 9.47 Å². The number of carbonyl (C=O) groups excluding carboxylic acids is 1. The van der Waals surface area contributed by atoms with E-state index in [2.05, 4.69) is 32.2 Å². The van der Waals surface area contributed by atoms with Crippen LogP contribution in [0.2, 0.25) is 19.6 Å². The first-order valence-electron chi connectivity index (χ1n) is 7.36. The van der Waals surface area contributed by atoms with Crippen LogP contribution in [0.15, 0.2) is 24.3 Å². The van der Waals surface area contributed by atoms with Crippen molar-refractivity contribution in [3.63, 3.8) is 0 Å². The second-order valence-electron chi connectivity index (χ2n) is 6.26. The molecule has 0 fully saturated rings. The van der Waals surface area contributed by atoms with Gasteiger partial charge in [-0.05, 0) is 25.5 Å². The molecule has 0 saturated heterocycles. The molecule has 1 aromatic carbocycles. The highest BCUT2D eigenvalue weighted by atomic mass is 32.2. The lowest BCUT2D eigenvalue weighted by molar-refractivity contribution is -0.197. The molecule has 1 atom stereocenters. The molecule has 0 radical (unpaired) electrons. The molecule has 1 aliphatic rings. The van der Waals surface area contributed by atoms with Crippen molar-refractivity contribution in [3.05, 3.63) is 35.4 Å². The monoisotopic (exact) mass is 356 g/mol. The Hall–Kier alpha value is -0.433. The zero-order valence-electron chi connectivity index (χ0n) is 14.1. The molecule has 1 aromatic rings. The van der Waals surface area contributed by atoms with Crippen LogP contribution in [0.5, 0.6) is 0 Å². The Kier molecular flexibility index (Phi) is 5.07. The van der Waals surface area contributed by atoms with Gasteiger partial charge in [0.05, 0.1) is 13.6 Å². The molecule has 6 heteroatoms. The lowest BCUT2D eigenvalue weighted by atomic mass is 10.0. The summed E-state index contributed by atoms with van der Waals surface area (Å²) in [7, 11) is -1.79. The Morgan fingerprint density at radius 3 is 2.32 bits per heavy atom. The zero-order chi connectivity index (χ0) is 16.6. The van der Waals surface area contributed by atoms with Gasteiger partial charge in [-0.2, -0.15) is 0 Å². The van der Waals surface area contributed by atoms with Crippen molar-refractivity contribution >= 4 is 37.6 Å². The number of esters is 1. The first kappa shape index (κ1) is 17.9. The quantitative estimate of drug-likeness (QED) is 0.430. The molecule has 22 heavy (non-hydrogen) atoms. The summed E-state index contributed by atoms with van der Waals surface area (Å²) >= 11 is 3.50. The number of carbonyl (C=O) groups is 1. The van der Waals surface area contributed by atoms with Gasteiger partial charge in [-0.25, -0.2) is 4.79 Å². The third-order valence-corrected chi connectivity index (χ3v) is 14.0. The lowest BCUT2D eigenvalue weighted by Gasteiger charge is -2.51. The lowest BCUT2D eigenvalue weighted by Crippen LogP contribution is -2.62. The van der Waals surface area contributed by atoms with Crippen LogP contribution in [0.1, 0.15) is 22.8 Å². The highest BCUT2D eigenvalue weighted by Gasteiger charge is 2.66. The van der Waals surface area contributed by atoms with Gasteiger partial charge in [0, 0.05) is 12.2 Å². The number of fused-ring (bicyclic) bond motifs is 1. The van der Waals surface area contributed by atoms with Gasteiger partial charge in [0.1, 0.15) is 3.70 Å². The normalized spacial score (nSPS) is 21.6. The second-order valence-corrected chi connectivity index (χ2v) is 14.5. The summed E-state index contributed by atoms with van der Waals surface area (Å²) < 4.78 is 11.9. The molecule has 0 aliphatic carbocycles. The van der Waals surface area contributed by atoms with E-state index in [0.29, 0.717) is 12.2 Å². The Morgan fingerprint density at radius 1 is 1.23 bits per heavy atom. The minimum atomic E-state index is -1.79. The topological polar surface area (TPSA) is 35.5 Å². The van der Waals surface area contributed by atoms with Gasteiger partial charge in [-0.1, -0.05) is 37.8 Å². The summed E-state index contributed by atoms with van der Waals surface area (Å²) in [6.07, 6.45) is 4.18. The fraction of sp³-hybridized carbons (Fsp3) is 0.562. The van der Waals surface area contributed by atoms with Crippen molar-refractivity contribution in [3.8, 4) is 0 Å². The Labute approximate surface area is 142 Å². The second kappa shape index (κ2) is 6.22. The van der Waals surface area contributed by atoms with Crippen LogP contribution in [-0.2, 0) is 15.3 Å². The molecule has 3 nitrogen and oxygen atoms in total. The molecule has 122 valence electrons. The van der Waals surface area contributed by atoms with Crippen LogP contribution in [-0.4, -0.2) is 36.9 Å². The molecule has 1 unspecified atom stereocenters. The van der Waals surface area contributed by atoms with Crippen molar-refractivity contribution < 1.29 is 14.3 Å². The summed E-state index contributed by atoms with van der Waals surface area (Å²) in [4.78, 5) is 12.5. The van der Waals surface area contributed by atoms with E-state index in [1.54, 1.807) is 23.5 Å². The smallest absolute Gasteiger partial charge is 0.341 e. The average molecular weight is 357 g/mol. The molecule has 2 rings (SSSR count). The molecule has 0 bridgehead atoms. The van der Waals surface area contributed by atoms with Crippen LogP contribution < -0.4 is 0 Å². The number of ether oxygens (including phenoxy) is 2. The molecular weight excluding hydrogens is 332 g/mol. The largest absolute Gasteiger partial charge is 0.423 e. The fourth-order valence-corrected chi connectivity index (χ4v) is 11.1. The number of hydrogen-bond donors (Lipinski definition) is 0. The molecule has 1 heterocycles. The molecule has 0 N–H and O–H groups in total. The van der Waals surface area contributed by atoms with Gasteiger partial charge in [0.2, 0.25) is 0 Å². The molecule has 0 spiro atoms. The van der Waals surface area contributed by atoms with Crippen molar-refractivity contribution in [2.45, 2.75) is 36.1 Å². The zero-order valence-corrected chi connectivity index (χ0v) is 16.7. The van der Waals surface area contributed by atoms with Gasteiger partial charge >= 0.3 is 5.97 Å². The van der Waals surface area contributed by atoms with E-state index in [0.717, 1.165) is 5.56 Å². The van der Waals surface area contributed by atoms with Gasteiger partial charge in [0.15, 0.2) is 0 Å². The fourth-order valence-electron chi connectivity index (χ4n) is 3.30. The Morgan fingerprint density at radius 2 is 1.82 bits per heavy atom. The van der Waals surface area contributed by atoms with Crippen molar-refractivity contribution in [1.82, 2.24) is 0 Å². The van der Waals surface area contributed by atoms with Crippen molar-refractivity contribution in [1.29, 1.82) is 0 Å². The number of rotatable bonds is 6. The van der Waals surface area contributed by atoms with Gasteiger partial charge < -0.3 is 9.47 Å². The van der Waals surface area contributed by atoms with E-state index in [1.165, 1.54) is 0 Å². The summed E-state index contributed by atoms with van der Waals surface area (Å²) in [5.41, 5.74) is 1.50. The van der Waals surface area contributed by atoms with Gasteiger partial charge in [-0.15, -0.1) is 23.5 Å². The maximum absolute atomic E-state index is 12.5. The van der Waals surface area contributed by atoms with Crippen molar-refractivity contribution in [2.75, 3.05) is 19.1 Å². The molecule has 0 amide bonds. The minimum absolute atomic E-state index is 0.283. The average Bonchev–Trinajstić information content (AvgIpc) is 2.74. The van der Waals surface area contributed by atoms with Crippen LogP contribution in [0.25, 0.3) is 0 Å². The summed E-state index contributed by atoms with van der Waals surface area (Å²) in [6.45, 7) is 9.35. The number of cyclic esters (lactones) is 1. The minimum Gasteiger partial charge on any atom is -0.423 e. The maximum atomic E-state index is 12.5. The summed E-state index contributed by atoms with van der Waals surface area (Å²) in [6, 6.07) is 7.62. The van der Waals surface area contributed by atoms with Gasteiger partial charge in [0.25, 0.3) is 5.79 Å². The van der Waals surface area contributed by atoms with E-state index in [9.17, 15) is 4.79 Å². The molecular formula is C16H24O3S2Si. The highest BCUT2D eigenvalue weighted by Crippen LogP contribution is 2.59. The summed E-state index contributed by atoms with van der Waals surface area (Å²) in [5, 5.41) is 0. The predicted octanol–water partition coefficient (Wildman–Crippen LogP) is 4.35. The third-order valence-electron chi connectivity index (χ3n) is 4.08. The molecule has 0 saturated carbocycles. The third kappa shape index (κ3) is 2.35. The first-order chi connectivity index (χ1) is 10.3. The first-order valence-corrected chi connectivity index (χ1v) is 13.3. The van der Waals surface area contributed by atoms with Crippen LogP contribution in [0.3, 0.4) is 0 Å².